The van der Waals surface area contributed by atoms with Gasteiger partial charge in [-0.05, 0) is 126 Å². The van der Waals surface area contributed by atoms with Crippen LogP contribution in [0.2, 0.25) is 0 Å². The third-order valence-corrected chi connectivity index (χ3v) is 13.6. The van der Waals surface area contributed by atoms with Gasteiger partial charge in [0.25, 0.3) is 0 Å². The summed E-state index contributed by atoms with van der Waals surface area (Å²) in [7, 11) is 0. The molecule has 6 aromatic carbocycles. The van der Waals surface area contributed by atoms with Crippen molar-refractivity contribution >= 4 is 78.9 Å². The van der Waals surface area contributed by atoms with Gasteiger partial charge in [0.15, 0.2) is 0 Å². The van der Waals surface area contributed by atoms with Gasteiger partial charge in [-0.15, -0.1) is 44.6 Å². The predicted octanol–water partition coefficient (Wildman–Crippen LogP) is 13.5. The van der Waals surface area contributed by atoms with Crippen LogP contribution in [0.4, 0.5) is 57.1 Å². The van der Waals surface area contributed by atoms with E-state index in [2.05, 4.69) is 264 Å². The zero-order chi connectivity index (χ0) is 48.6. The predicted molar refractivity (Wildman–Crippen MR) is 291 cm³/mol. The van der Waals surface area contributed by atoms with E-state index >= 15 is 0 Å². The first-order valence-electron chi connectivity index (χ1n) is 23.9. The number of rotatable bonds is 9. The maximum absolute atomic E-state index is 5.14. The number of aryl methyl sites for hydroxylation is 4. The average Bonchev–Trinajstić information content (AvgIpc) is 4.28. The molecule has 74 heavy (non-hydrogen) atoms. The van der Waals surface area contributed by atoms with Crippen molar-refractivity contribution < 1.29 is 40.8 Å². The molecule has 0 saturated carbocycles. The SMILES string of the molecule is Cc1ccc(N2C=CN(c3[c-]c4c(cn3)c3cnc(N5[CH-]N(c6ccc(C)cc6)c6ccccc65)[c-]c3n4-c3[c-]c(N4C=CN(c5ccc(C)cc5)[CH-]4)c(C)c(N4C=CN(c5ccc(C)cc5)[CH-]4)[c-]3)[CH-]2)cc1.[Pd].[Pd]. The number of fused-ring (bicyclic) bond motifs is 4. The second-order valence-corrected chi connectivity index (χ2v) is 18.6. The Morgan fingerprint density at radius 2 is 0.757 bits per heavy atom. The molecule has 0 saturated heterocycles. The van der Waals surface area contributed by atoms with Crippen LogP contribution >= 0.6 is 0 Å². The summed E-state index contributed by atoms with van der Waals surface area (Å²) in [5.74, 6) is 1.26. The van der Waals surface area contributed by atoms with Gasteiger partial charge < -0.3 is 55.9 Å². The zero-order valence-electron chi connectivity index (χ0n) is 41.0. The fourth-order valence-electron chi connectivity index (χ4n) is 9.56. The van der Waals surface area contributed by atoms with E-state index in [-0.39, 0.29) is 40.8 Å². The molecule has 0 unspecified atom stereocenters. The summed E-state index contributed by atoms with van der Waals surface area (Å²) in [6.45, 7) is 18.9. The van der Waals surface area contributed by atoms with Crippen molar-refractivity contribution in [2.45, 2.75) is 34.6 Å². The Labute approximate surface area is 460 Å². The molecule has 0 atom stereocenters. The third kappa shape index (κ3) is 8.70. The molecule has 4 aliphatic rings. The van der Waals surface area contributed by atoms with E-state index in [4.69, 9.17) is 9.97 Å². The molecule has 9 aromatic rings. The van der Waals surface area contributed by atoms with Gasteiger partial charge in [-0.25, -0.2) is 33.4 Å². The van der Waals surface area contributed by atoms with Crippen molar-refractivity contribution in [3.8, 4) is 5.69 Å². The first-order valence-corrected chi connectivity index (χ1v) is 23.9. The molecule has 0 bridgehead atoms. The summed E-state index contributed by atoms with van der Waals surface area (Å²) in [5.41, 5.74) is 16.0. The van der Waals surface area contributed by atoms with E-state index < -0.39 is 0 Å². The topological polar surface area (TPSA) is 56.6 Å². The smallest absolute Gasteiger partial charge is 0.0345 e. The van der Waals surface area contributed by atoms with E-state index in [1.807, 2.05) is 36.4 Å². The van der Waals surface area contributed by atoms with Crippen LogP contribution in [0.3, 0.4) is 0 Å². The molecule has 4 aliphatic heterocycles. The van der Waals surface area contributed by atoms with Gasteiger partial charge in [-0.3, -0.25) is 9.97 Å². The van der Waals surface area contributed by atoms with E-state index in [0.29, 0.717) is 17.3 Å². The third-order valence-electron chi connectivity index (χ3n) is 13.6. The van der Waals surface area contributed by atoms with E-state index in [1.165, 1.54) is 22.3 Å². The molecular formula is C61H47N11Pd2-8. The molecule has 3 aromatic heterocycles. The van der Waals surface area contributed by atoms with E-state index in [9.17, 15) is 0 Å². The van der Waals surface area contributed by atoms with Gasteiger partial charge in [-0.1, -0.05) is 95.3 Å². The Balaban J connectivity index is 0.00000294. The molecule has 13 rings (SSSR count). The quantitative estimate of drug-likeness (QED) is 0.103. The summed E-state index contributed by atoms with van der Waals surface area (Å²) in [6, 6.07) is 57.9. The first kappa shape index (κ1) is 48.6. The Morgan fingerprint density at radius 3 is 1.23 bits per heavy atom. The molecular weight excluding hydrogens is 1100 g/mol. The van der Waals surface area contributed by atoms with Crippen molar-refractivity contribution in [1.29, 1.82) is 0 Å². The summed E-state index contributed by atoms with van der Waals surface area (Å²) >= 11 is 0. The second-order valence-electron chi connectivity index (χ2n) is 18.6. The van der Waals surface area contributed by atoms with Crippen molar-refractivity contribution in [3.63, 3.8) is 0 Å². The largest absolute Gasteiger partial charge is 0.519 e. The fourth-order valence-corrected chi connectivity index (χ4v) is 9.56. The molecule has 7 heterocycles. The number of hydrogen-bond acceptors (Lipinski definition) is 10. The maximum atomic E-state index is 5.14. The summed E-state index contributed by atoms with van der Waals surface area (Å²) in [4.78, 5) is 27.1. The van der Waals surface area contributed by atoms with Crippen LogP contribution in [-0.2, 0) is 40.8 Å². The fraction of sp³-hybridized carbons (Fsp3) is 0.0820. The molecule has 0 fully saturated rings. The van der Waals surface area contributed by atoms with Crippen LogP contribution in [0.1, 0.15) is 27.8 Å². The zero-order valence-corrected chi connectivity index (χ0v) is 44.1. The van der Waals surface area contributed by atoms with Crippen LogP contribution < -0.4 is 39.2 Å². The minimum Gasteiger partial charge on any atom is -0.519 e. The van der Waals surface area contributed by atoms with Crippen molar-refractivity contribution in [2.75, 3.05) is 39.2 Å². The number of hydrogen-bond donors (Lipinski definition) is 0. The van der Waals surface area contributed by atoms with Crippen molar-refractivity contribution in [1.82, 2.24) is 14.5 Å². The van der Waals surface area contributed by atoms with Gasteiger partial charge in [0, 0.05) is 86.6 Å². The normalized spacial score (nSPS) is 14.8. The average molecular weight is 1150 g/mol. The van der Waals surface area contributed by atoms with Crippen molar-refractivity contribution in [3.05, 3.63) is 250 Å². The summed E-state index contributed by atoms with van der Waals surface area (Å²) < 4.78 is 2.17. The van der Waals surface area contributed by atoms with Gasteiger partial charge in [0.05, 0.1) is 0 Å². The number of pyridine rings is 2. The molecule has 0 aliphatic carbocycles. The van der Waals surface area contributed by atoms with Crippen molar-refractivity contribution in [2.24, 2.45) is 0 Å². The molecule has 0 N–H and O–H groups in total. The first-order chi connectivity index (χ1) is 35.2. The van der Waals surface area contributed by atoms with Crippen LogP contribution in [0.25, 0.3) is 27.5 Å². The Morgan fingerprint density at radius 1 is 0.378 bits per heavy atom. The Kier molecular flexibility index (Phi) is 12.9. The molecule has 13 heteroatoms. The number of nitrogens with zero attached hydrogens (tertiary/aromatic N) is 11. The number of para-hydroxylation sites is 2. The minimum atomic E-state index is 0. The van der Waals surface area contributed by atoms with Gasteiger partial charge in [-0.2, -0.15) is 12.1 Å². The number of anilines is 10. The van der Waals surface area contributed by atoms with Crippen LogP contribution in [0, 0.1) is 85.6 Å². The van der Waals surface area contributed by atoms with Gasteiger partial charge >= 0.3 is 0 Å². The van der Waals surface area contributed by atoms with Crippen LogP contribution in [-0.4, -0.2) is 14.5 Å². The van der Waals surface area contributed by atoms with E-state index in [0.717, 1.165) is 72.9 Å². The van der Waals surface area contributed by atoms with E-state index in [1.54, 1.807) is 0 Å². The summed E-state index contributed by atoms with van der Waals surface area (Å²) in [5, 5.41) is 1.74. The van der Waals surface area contributed by atoms with Crippen LogP contribution in [0.5, 0.6) is 0 Å². The van der Waals surface area contributed by atoms with Crippen LogP contribution in [0.15, 0.2) is 171 Å². The van der Waals surface area contributed by atoms with Gasteiger partial charge in [0.1, 0.15) is 0 Å². The summed E-state index contributed by atoms with van der Waals surface area (Å²) in [6.07, 6.45) is 16.2. The monoisotopic (exact) mass is 1150 g/mol. The number of aromatic nitrogens is 3. The maximum Gasteiger partial charge on any atom is 0.0345 e. The molecule has 0 amide bonds. The Bertz CT molecular complexity index is 3550. The van der Waals surface area contributed by atoms with Gasteiger partial charge in [0.2, 0.25) is 0 Å². The standard InChI is InChI=1S/C61H47N11.2Pd/c1-42-10-18-47(19-11-42)64-26-29-67(38-64)56-32-51(33-57(46(56)5)68-30-27-65(39-68)48-20-12-43(2)13-21-48)72-58-34-60(69-31-28-66(40-69)49-22-14-44(3)15-23-49)62-36-52(58)53-37-63-61(35-59(53)72)71-41-70(50-24-16-45(4)17-25-50)54-8-6-7-9-55(54)71;;/h6-31,36-41H,1-5H3;;/q-8;;. The molecule has 0 spiro atoms. The number of benzene rings is 6. The Hall–Kier alpha value is -7.64. The molecule has 11 nitrogen and oxygen atoms in total. The molecule has 0 radical (unpaired) electrons. The second kappa shape index (κ2) is 19.7. The minimum absolute atomic E-state index is 0. The molecule has 374 valence electrons.